The number of benzene rings is 1. The van der Waals surface area contributed by atoms with E-state index in [9.17, 15) is 19.7 Å². The number of nitro groups is 1. The molecular formula is C29H38ClN5O6. The number of non-ortho nitro benzene ring substituents is 1. The molecule has 0 aliphatic carbocycles. The topological polar surface area (TPSA) is 127 Å². The van der Waals surface area contributed by atoms with Crippen molar-refractivity contribution in [3.05, 3.63) is 57.2 Å². The molecule has 222 valence electrons. The quantitative estimate of drug-likeness (QED) is 0.229. The van der Waals surface area contributed by atoms with Gasteiger partial charge in [-0.05, 0) is 64.2 Å². The average molecular weight is 588 g/mol. The van der Waals surface area contributed by atoms with Crippen LogP contribution >= 0.6 is 11.6 Å². The normalized spacial score (nSPS) is 18.2. The van der Waals surface area contributed by atoms with Gasteiger partial charge in [0.25, 0.3) is 11.6 Å². The molecule has 0 bridgehead atoms. The number of ether oxygens (including phenoxy) is 2. The van der Waals surface area contributed by atoms with Crippen molar-refractivity contribution in [1.29, 1.82) is 0 Å². The number of amides is 2. The van der Waals surface area contributed by atoms with Gasteiger partial charge in [-0.2, -0.15) is 0 Å². The second-order valence-corrected chi connectivity index (χ2v) is 11.9. The third kappa shape index (κ3) is 8.77. The highest BCUT2D eigenvalue weighted by Gasteiger charge is 2.29. The summed E-state index contributed by atoms with van der Waals surface area (Å²) in [6, 6.07) is 9.23. The Hall–Kier alpha value is -3.44. The fraction of sp³-hybridized carbons (Fsp3) is 0.552. The predicted octanol–water partition coefficient (Wildman–Crippen LogP) is 5.92. The van der Waals surface area contributed by atoms with Gasteiger partial charge in [-0.1, -0.05) is 30.5 Å². The molecule has 2 aromatic rings. The number of rotatable bonds is 8. The molecule has 0 radical (unpaired) electrons. The van der Waals surface area contributed by atoms with Crippen LogP contribution in [0.1, 0.15) is 63.2 Å². The molecule has 1 unspecified atom stereocenters. The standard InChI is InChI=1S/C29H38ClN5O6/c1-29(2,3)41-28(37)34-16-17-40-22(19-34)7-4-6-20-12-14-33(15-13-20)24-18-21(35(38)39)10-11-23(24)27(36)32-26-9-5-8-25(30)31-26/h5,8-11,18,20,22H,4,6-7,12-17,19H2,1-3H3,(H,31,32,36). The van der Waals surface area contributed by atoms with Crippen LogP contribution in [0.2, 0.25) is 5.15 Å². The number of nitrogens with one attached hydrogen (secondary N) is 1. The van der Waals surface area contributed by atoms with Gasteiger partial charge in [-0.3, -0.25) is 14.9 Å². The van der Waals surface area contributed by atoms with Crippen molar-refractivity contribution < 1.29 is 24.0 Å². The van der Waals surface area contributed by atoms with Gasteiger partial charge in [0.1, 0.15) is 16.6 Å². The first-order valence-corrected chi connectivity index (χ1v) is 14.4. The minimum atomic E-state index is -0.525. The van der Waals surface area contributed by atoms with Crippen molar-refractivity contribution >= 4 is 40.8 Å². The Morgan fingerprint density at radius 1 is 1.17 bits per heavy atom. The monoisotopic (exact) mass is 587 g/mol. The van der Waals surface area contributed by atoms with Crippen LogP contribution in [0, 0.1) is 16.0 Å². The summed E-state index contributed by atoms with van der Waals surface area (Å²) in [5.41, 5.74) is 0.296. The van der Waals surface area contributed by atoms with Gasteiger partial charge < -0.3 is 24.6 Å². The molecule has 11 nitrogen and oxygen atoms in total. The van der Waals surface area contributed by atoms with Crippen LogP contribution in [-0.2, 0) is 9.47 Å². The van der Waals surface area contributed by atoms with Crippen LogP contribution in [-0.4, -0.2) is 71.3 Å². The van der Waals surface area contributed by atoms with Crippen LogP contribution < -0.4 is 10.2 Å². The average Bonchev–Trinajstić information content (AvgIpc) is 2.92. The zero-order chi connectivity index (χ0) is 29.6. The Labute approximate surface area is 245 Å². The zero-order valence-corrected chi connectivity index (χ0v) is 24.6. The number of hydrogen-bond acceptors (Lipinski definition) is 8. The first-order valence-electron chi connectivity index (χ1n) is 14.1. The number of aromatic nitrogens is 1. The maximum absolute atomic E-state index is 13.1. The van der Waals surface area contributed by atoms with Gasteiger partial charge in [-0.15, -0.1) is 0 Å². The fourth-order valence-corrected chi connectivity index (χ4v) is 5.40. The molecule has 0 saturated carbocycles. The number of carbonyl (C=O) groups excluding carboxylic acids is 2. The summed E-state index contributed by atoms with van der Waals surface area (Å²) >= 11 is 5.94. The van der Waals surface area contributed by atoms with Crippen molar-refractivity contribution in [2.24, 2.45) is 5.92 Å². The Morgan fingerprint density at radius 3 is 2.61 bits per heavy atom. The zero-order valence-electron chi connectivity index (χ0n) is 23.8. The molecule has 3 heterocycles. The lowest BCUT2D eigenvalue weighted by molar-refractivity contribution is -0.384. The largest absolute Gasteiger partial charge is 0.444 e. The molecule has 1 aromatic carbocycles. The minimum Gasteiger partial charge on any atom is -0.444 e. The van der Waals surface area contributed by atoms with Crippen LogP contribution in [0.15, 0.2) is 36.4 Å². The Bertz CT molecular complexity index is 1240. The molecule has 1 N–H and O–H groups in total. The van der Waals surface area contributed by atoms with E-state index in [2.05, 4.69) is 10.3 Å². The number of morpholine rings is 1. The molecule has 1 atom stereocenters. The van der Waals surface area contributed by atoms with E-state index in [0.717, 1.165) is 32.1 Å². The summed E-state index contributed by atoms with van der Waals surface area (Å²) in [4.78, 5) is 44.5. The Kier molecular flexibility index (Phi) is 10.0. The van der Waals surface area contributed by atoms with E-state index in [1.165, 1.54) is 18.2 Å². The maximum Gasteiger partial charge on any atom is 0.410 e. The number of anilines is 2. The number of nitro benzene ring substituents is 1. The van der Waals surface area contributed by atoms with E-state index in [4.69, 9.17) is 21.1 Å². The van der Waals surface area contributed by atoms with Gasteiger partial charge in [0.05, 0.1) is 35.4 Å². The van der Waals surface area contributed by atoms with Crippen LogP contribution in [0.25, 0.3) is 0 Å². The lowest BCUT2D eigenvalue weighted by Gasteiger charge is -2.35. The highest BCUT2D eigenvalue weighted by molar-refractivity contribution is 6.29. The first-order chi connectivity index (χ1) is 19.5. The maximum atomic E-state index is 13.1. The second-order valence-electron chi connectivity index (χ2n) is 11.5. The number of nitrogens with zero attached hydrogens (tertiary/aromatic N) is 4. The molecule has 4 rings (SSSR count). The van der Waals surface area contributed by atoms with Crippen molar-refractivity contribution in [2.75, 3.05) is 43.0 Å². The summed E-state index contributed by atoms with van der Waals surface area (Å²) in [6.45, 7) is 8.55. The Balaban J connectivity index is 1.30. The van der Waals surface area contributed by atoms with Crippen molar-refractivity contribution in [3.8, 4) is 0 Å². The molecule has 41 heavy (non-hydrogen) atoms. The summed E-state index contributed by atoms with van der Waals surface area (Å²) in [6.07, 6.45) is 4.40. The molecule has 2 fully saturated rings. The highest BCUT2D eigenvalue weighted by atomic mass is 35.5. The van der Waals surface area contributed by atoms with Gasteiger partial charge in [-0.25, -0.2) is 9.78 Å². The third-order valence-corrected chi connectivity index (χ3v) is 7.49. The minimum absolute atomic E-state index is 0.00344. The molecule has 2 amide bonds. The highest BCUT2D eigenvalue weighted by Crippen LogP contribution is 2.32. The number of carbonyl (C=O) groups is 2. The number of hydrogen-bond donors (Lipinski definition) is 1. The van der Waals surface area contributed by atoms with E-state index >= 15 is 0 Å². The third-order valence-electron chi connectivity index (χ3n) is 7.28. The summed E-state index contributed by atoms with van der Waals surface area (Å²) in [7, 11) is 0. The predicted molar refractivity (Wildman–Crippen MR) is 157 cm³/mol. The van der Waals surface area contributed by atoms with Crippen molar-refractivity contribution in [2.45, 2.75) is 64.6 Å². The van der Waals surface area contributed by atoms with Crippen LogP contribution in [0.4, 0.5) is 22.0 Å². The molecule has 0 spiro atoms. The molecule has 12 heteroatoms. The molecule has 2 saturated heterocycles. The van der Waals surface area contributed by atoms with Gasteiger partial charge >= 0.3 is 6.09 Å². The van der Waals surface area contributed by atoms with E-state index < -0.39 is 16.4 Å². The number of halogens is 1. The Morgan fingerprint density at radius 2 is 1.93 bits per heavy atom. The smallest absolute Gasteiger partial charge is 0.410 e. The van der Waals surface area contributed by atoms with E-state index in [-0.39, 0.29) is 23.0 Å². The molecule has 2 aliphatic heterocycles. The van der Waals surface area contributed by atoms with Gasteiger partial charge in [0.15, 0.2) is 0 Å². The molecule has 1 aromatic heterocycles. The summed E-state index contributed by atoms with van der Waals surface area (Å²) in [5, 5.41) is 14.5. The van der Waals surface area contributed by atoms with E-state index in [1.54, 1.807) is 23.1 Å². The van der Waals surface area contributed by atoms with Crippen LogP contribution in [0.5, 0.6) is 0 Å². The SMILES string of the molecule is CC(C)(C)OC(=O)N1CCOC(CCCC2CCN(c3cc([N+](=O)[O-])ccc3C(=O)Nc3cccc(Cl)n3)CC2)C1. The summed E-state index contributed by atoms with van der Waals surface area (Å²) < 4.78 is 11.4. The second kappa shape index (κ2) is 13.5. The van der Waals surface area contributed by atoms with E-state index in [0.29, 0.717) is 55.8 Å². The number of pyridine rings is 1. The lowest BCUT2D eigenvalue weighted by Crippen LogP contribution is -2.47. The number of piperidine rings is 1. The fourth-order valence-electron chi connectivity index (χ4n) is 5.23. The molecule has 2 aliphatic rings. The summed E-state index contributed by atoms with van der Waals surface area (Å²) in [5.74, 6) is 0.407. The van der Waals surface area contributed by atoms with Crippen molar-refractivity contribution in [3.63, 3.8) is 0 Å². The van der Waals surface area contributed by atoms with Gasteiger partial charge in [0.2, 0.25) is 0 Å². The van der Waals surface area contributed by atoms with E-state index in [1.807, 2.05) is 25.7 Å². The molecular weight excluding hydrogens is 550 g/mol. The van der Waals surface area contributed by atoms with Gasteiger partial charge in [0, 0.05) is 31.8 Å². The lowest BCUT2D eigenvalue weighted by atomic mass is 9.90. The van der Waals surface area contributed by atoms with Crippen molar-refractivity contribution in [1.82, 2.24) is 9.88 Å². The first kappa shape index (κ1) is 30.5. The van der Waals surface area contributed by atoms with Crippen LogP contribution in [0.3, 0.4) is 0 Å².